The van der Waals surface area contributed by atoms with E-state index in [-0.39, 0.29) is 0 Å². The third-order valence-corrected chi connectivity index (χ3v) is 4.60. The Balaban J connectivity index is 1.68. The van der Waals surface area contributed by atoms with Crippen LogP contribution in [0.5, 0.6) is 0 Å². The molecule has 0 bridgehead atoms. The van der Waals surface area contributed by atoms with E-state index in [9.17, 15) is 0 Å². The summed E-state index contributed by atoms with van der Waals surface area (Å²) >= 11 is 0. The molecule has 1 aromatic carbocycles. The van der Waals surface area contributed by atoms with Gasteiger partial charge in [-0.05, 0) is 37.4 Å². The lowest BCUT2D eigenvalue weighted by atomic mass is 9.85. The molecule has 2 aliphatic heterocycles. The first kappa shape index (κ1) is 13.1. The predicted octanol–water partition coefficient (Wildman–Crippen LogP) is 1.56. The average molecular weight is 259 g/mol. The number of rotatable bonds is 4. The van der Waals surface area contributed by atoms with E-state index in [1.165, 1.54) is 32.4 Å². The number of nitrogens with zero attached hydrogens (tertiary/aromatic N) is 1. The summed E-state index contributed by atoms with van der Waals surface area (Å²) in [5.74, 6) is 0. The van der Waals surface area contributed by atoms with Crippen LogP contribution in [0.2, 0.25) is 0 Å². The fourth-order valence-electron chi connectivity index (χ4n) is 3.54. The van der Waals surface area contributed by atoms with Crippen molar-refractivity contribution in [3.63, 3.8) is 0 Å². The van der Waals surface area contributed by atoms with Crippen LogP contribution >= 0.6 is 0 Å². The molecule has 1 fully saturated rings. The summed E-state index contributed by atoms with van der Waals surface area (Å²) < 4.78 is 0. The lowest BCUT2D eigenvalue weighted by molar-refractivity contribution is 0.116. The van der Waals surface area contributed by atoms with Crippen LogP contribution in [0.15, 0.2) is 24.3 Å². The highest BCUT2D eigenvalue weighted by Crippen LogP contribution is 2.36. The Morgan fingerprint density at radius 3 is 3.00 bits per heavy atom. The van der Waals surface area contributed by atoms with Crippen molar-refractivity contribution in [1.29, 1.82) is 0 Å². The highest BCUT2D eigenvalue weighted by Gasteiger charge is 2.32. The lowest BCUT2D eigenvalue weighted by Gasteiger charge is -2.43. The summed E-state index contributed by atoms with van der Waals surface area (Å²) in [6.07, 6.45) is 3.79. The Kier molecular flexibility index (Phi) is 4.16. The fraction of sp³-hybridized carbons (Fsp3) is 0.625. The highest BCUT2D eigenvalue weighted by atomic mass is 15.2. The van der Waals surface area contributed by atoms with Gasteiger partial charge in [0.05, 0.1) is 0 Å². The highest BCUT2D eigenvalue weighted by molar-refractivity contribution is 5.33. The van der Waals surface area contributed by atoms with Crippen LogP contribution in [0.4, 0.5) is 0 Å². The van der Waals surface area contributed by atoms with Gasteiger partial charge in [0.15, 0.2) is 0 Å². The molecular formula is C16H25N3. The Labute approximate surface area is 116 Å². The maximum Gasteiger partial charge on any atom is 0.0365 e. The van der Waals surface area contributed by atoms with Gasteiger partial charge in [0.25, 0.3) is 0 Å². The van der Waals surface area contributed by atoms with Gasteiger partial charge in [0.1, 0.15) is 0 Å². The predicted molar refractivity (Wildman–Crippen MR) is 79.4 cm³/mol. The molecule has 0 saturated carbocycles. The maximum atomic E-state index is 3.70. The van der Waals surface area contributed by atoms with Gasteiger partial charge in [-0.15, -0.1) is 0 Å². The summed E-state index contributed by atoms with van der Waals surface area (Å²) in [4.78, 5) is 2.68. The zero-order valence-corrected chi connectivity index (χ0v) is 11.9. The second-order valence-corrected chi connectivity index (χ2v) is 5.78. The minimum Gasteiger partial charge on any atom is -0.318 e. The smallest absolute Gasteiger partial charge is 0.0365 e. The molecule has 3 rings (SSSR count). The van der Waals surface area contributed by atoms with E-state index < -0.39 is 0 Å². The zero-order chi connectivity index (χ0) is 13.1. The quantitative estimate of drug-likeness (QED) is 0.804. The minimum atomic E-state index is 0.644. The first-order chi connectivity index (χ1) is 9.38. The van der Waals surface area contributed by atoms with Crippen molar-refractivity contribution in [2.24, 2.45) is 0 Å². The molecule has 0 unspecified atom stereocenters. The van der Waals surface area contributed by atoms with Gasteiger partial charge in [-0.25, -0.2) is 0 Å². The number of benzene rings is 1. The molecule has 0 spiro atoms. The third kappa shape index (κ3) is 2.83. The van der Waals surface area contributed by atoms with Crippen molar-refractivity contribution in [3.8, 4) is 0 Å². The number of piperidine rings is 1. The van der Waals surface area contributed by atoms with Crippen LogP contribution in [0.1, 0.15) is 30.0 Å². The number of fused-ring (bicyclic) bond motifs is 3. The maximum absolute atomic E-state index is 3.70. The van der Waals surface area contributed by atoms with Gasteiger partial charge in [-0.3, -0.25) is 4.90 Å². The topological polar surface area (TPSA) is 27.3 Å². The SMILES string of the molecule is CNCCN[C@@H]1CCN2CCc3ccccc3[C@@H]2C1. The van der Waals surface area contributed by atoms with Crippen molar-refractivity contribution in [2.75, 3.05) is 33.2 Å². The van der Waals surface area contributed by atoms with E-state index in [0.717, 1.165) is 13.1 Å². The second-order valence-electron chi connectivity index (χ2n) is 5.78. The molecule has 1 aromatic rings. The summed E-state index contributed by atoms with van der Waals surface area (Å²) in [5, 5.41) is 6.90. The van der Waals surface area contributed by atoms with E-state index in [0.29, 0.717) is 12.1 Å². The first-order valence-corrected chi connectivity index (χ1v) is 7.58. The number of nitrogens with one attached hydrogen (secondary N) is 2. The molecule has 1 saturated heterocycles. The largest absolute Gasteiger partial charge is 0.318 e. The lowest BCUT2D eigenvalue weighted by Crippen LogP contribution is -2.47. The standard InChI is InChI=1S/C16H25N3/c1-17-8-9-18-14-7-11-19-10-6-13-4-2-3-5-15(13)16(19)12-14/h2-5,14,16-18H,6-12H2,1H3/t14-,16+/m1/s1. The van der Waals surface area contributed by atoms with Crippen LogP contribution in [-0.2, 0) is 6.42 Å². The normalized spacial score (nSPS) is 26.8. The molecule has 19 heavy (non-hydrogen) atoms. The number of hydrogen-bond donors (Lipinski definition) is 2. The van der Waals surface area contributed by atoms with Crippen LogP contribution < -0.4 is 10.6 Å². The Morgan fingerprint density at radius 2 is 2.11 bits per heavy atom. The molecule has 2 heterocycles. The van der Waals surface area contributed by atoms with Crippen molar-refractivity contribution in [3.05, 3.63) is 35.4 Å². The first-order valence-electron chi connectivity index (χ1n) is 7.58. The molecule has 2 atom stereocenters. The summed E-state index contributed by atoms with van der Waals surface area (Å²) in [5.41, 5.74) is 3.15. The Hall–Kier alpha value is -0.900. The molecule has 104 valence electrons. The van der Waals surface area contributed by atoms with Gasteiger partial charge >= 0.3 is 0 Å². The molecule has 2 N–H and O–H groups in total. The fourth-order valence-corrected chi connectivity index (χ4v) is 3.54. The van der Waals surface area contributed by atoms with E-state index >= 15 is 0 Å². The second kappa shape index (κ2) is 6.04. The molecule has 0 aliphatic carbocycles. The van der Waals surface area contributed by atoms with Crippen LogP contribution in [0.3, 0.4) is 0 Å². The molecule has 2 aliphatic rings. The molecular weight excluding hydrogens is 234 g/mol. The molecule has 0 amide bonds. The van der Waals surface area contributed by atoms with Crippen molar-refractivity contribution >= 4 is 0 Å². The van der Waals surface area contributed by atoms with Crippen LogP contribution in [0, 0.1) is 0 Å². The van der Waals surface area contributed by atoms with Gasteiger partial charge in [0, 0.05) is 38.3 Å². The van der Waals surface area contributed by atoms with Gasteiger partial charge in [-0.1, -0.05) is 24.3 Å². The van der Waals surface area contributed by atoms with Gasteiger partial charge in [-0.2, -0.15) is 0 Å². The van der Waals surface area contributed by atoms with Crippen LogP contribution in [-0.4, -0.2) is 44.2 Å². The van der Waals surface area contributed by atoms with Gasteiger partial charge < -0.3 is 10.6 Å². The number of likely N-dealkylation sites (N-methyl/N-ethyl adjacent to an activating group) is 1. The van der Waals surface area contributed by atoms with E-state index in [4.69, 9.17) is 0 Å². The Morgan fingerprint density at radius 1 is 1.21 bits per heavy atom. The van der Waals surface area contributed by atoms with Gasteiger partial charge in [0.2, 0.25) is 0 Å². The van der Waals surface area contributed by atoms with Crippen molar-refractivity contribution in [2.45, 2.75) is 31.3 Å². The summed E-state index contributed by atoms with van der Waals surface area (Å²) in [7, 11) is 2.02. The molecule has 0 aromatic heterocycles. The van der Waals surface area contributed by atoms with Crippen LogP contribution in [0.25, 0.3) is 0 Å². The molecule has 3 nitrogen and oxygen atoms in total. The Bertz CT molecular complexity index is 418. The monoisotopic (exact) mass is 259 g/mol. The summed E-state index contributed by atoms with van der Waals surface area (Å²) in [6.45, 7) is 4.62. The molecule has 0 radical (unpaired) electrons. The molecule has 3 heteroatoms. The van der Waals surface area contributed by atoms with Crippen molar-refractivity contribution in [1.82, 2.24) is 15.5 Å². The zero-order valence-electron chi connectivity index (χ0n) is 11.9. The van der Waals surface area contributed by atoms with E-state index in [1.807, 2.05) is 7.05 Å². The summed E-state index contributed by atoms with van der Waals surface area (Å²) in [6, 6.07) is 10.3. The van der Waals surface area contributed by atoms with Crippen molar-refractivity contribution < 1.29 is 0 Å². The number of hydrogen-bond acceptors (Lipinski definition) is 3. The average Bonchev–Trinajstić information content (AvgIpc) is 2.47. The van der Waals surface area contributed by atoms with E-state index in [2.05, 4.69) is 39.8 Å². The third-order valence-electron chi connectivity index (χ3n) is 4.60. The van der Waals surface area contributed by atoms with E-state index in [1.54, 1.807) is 11.1 Å². The minimum absolute atomic E-state index is 0.644.